The number of hydrogen-bond acceptors (Lipinski definition) is 3. The van der Waals surface area contributed by atoms with Crippen LogP contribution in [0.25, 0.3) is 11.1 Å². The molecule has 3 aromatic carbocycles. The lowest BCUT2D eigenvalue weighted by atomic mass is 9.68. The maximum absolute atomic E-state index is 11.1. The average molecular weight is 605 g/mol. The highest BCUT2D eigenvalue weighted by Crippen LogP contribution is 2.54. The molecule has 0 heterocycles. The van der Waals surface area contributed by atoms with E-state index in [0.717, 1.165) is 22.8 Å². The van der Waals surface area contributed by atoms with E-state index in [-0.39, 0.29) is 16.9 Å². The summed E-state index contributed by atoms with van der Waals surface area (Å²) in [6.07, 6.45) is 17.6. The molecule has 0 unspecified atom stereocenters. The van der Waals surface area contributed by atoms with Crippen LogP contribution >= 0.6 is 15.9 Å². The van der Waals surface area contributed by atoms with Gasteiger partial charge in [0.05, 0.1) is 0 Å². The fourth-order valence-electron chi connectivity index (χ4n) is 6.46. The van der Waals surface area contributed by atoms with Crippen molar-refractivity contribution in [3.8, 4) is 22.6 Å². The topological polar surface area (TPSA) is 49.7 Å². The Labute approximate surface area is 250 Å². The van der Waals surface area contributed by atoms with E-state index in [0.29, 0.717) is 0 Å². The summed E-state index contributed by atoms with van der Waals surface area (Å²) in [6.45, 7) is 4.54. The average Bonchev–Trinajstić information content (AvgIpc) is 3.22. The van der Waals surface area contributed by atoms with Gasteiger partial charge in [0.1, 0.15) is 5.75 Å². The van der Waals surface area contributed by atoms with Crippen LogP contribution in [0.4, 0.5) is 0 Å². The van der Waals surface area contributed by atoms with Crippen molar-refractivity contribution in [3.05, 3.63) is 76.3 Å². The van der Waals surface area contributed by atoms with E-state index in [2.05, 4.69) is 60.1 Å². The highest BCUT2D eigenvalue weighted by atomic mass is 79.9. The number of fused-ring (bicyclic) bond motifs is 3. The van der Waals surface area contributed by atoms with Gasteiger partial charge in [0.2, 0.25) is 0 Å². The molecule has 0 atom stereocenters. The number of hydrogen-bond donors (Lipinski definition) is 2. The second-order valence-corrected chi connectivity index (χ2v) is 12.5. The standard InChI is InChI=1S/C35H46BBrO3/c1-3-5-7-9-11-15-23-35(24-16-12-10-8-6-4-2)31-25-27(36(39)40-34-18-14-13-17-33(34)38)19-21-29(31)30-22-20-28(37)26-32(30)35/h13-14,17-22,25-26,38-39H,3-12,15-16,23-24H2,1-2H3. The Balaban J connectivity index is 1.66. The summed E-state index contributed by atoms with van der Waals surface area (Å²) >= 11 is 3.78. The Bertz CT molecular complexity index is 1210. The van der Waals surface area contributed by atoms with Crippen molar-refractivity contribution >= 4 is 28.5 Å². The third-order valence-corrected chi connectivity index (χ3v) is 9.14. The minimum atomic E-state index is -1.16. The number of phenolic OH excluding ortho intramolecular Hbond substituents is 1. The Morgan fingerprint density at radius 1 is 0.700 bits per heavy atom. The number of para-hydroxylation sites is 2. The van der Waals surface area contributed by atoms with E-state index in [1.807, 2.05) is 6.07 Å². The number of halogens is 1. The predicted molar refractivity (Wildman–Crippen MR) is 173 cm³/mol. The first-order chi connectivity index (χ1) is 19.5. The lowest BCUT2D eigenvalue weighted by Gasteiger charge is -2.33. The Kier molecular flexibility index (Phi) is 11.6. The molecule has 0 saturated heterocycles. The third-order valence-electron chi connectivity index (χ3n) is 8.65. The number of phenols is 1. The zero-order valence-electron chi connectivity index (χ0n) is 24.4. The van der Waals surface area contributed by atoms with Crippen LogP contribution in [-0.4, -0.2) is 17.2 Å². The van der Waals surface area contributed by atoms with Crippen LogP contribution in [0.2, 0.25) is 0 Å². The van der Waals surface area contributed by atoms with E-state index in [1.54, 1.807) is 24.3 Å². The largest absolute Gasteiger partial charge is 0.560 e. The number of rotatable bonds is 17. The van der Waals surface area contributed by atoms with Crippen LogP contribution in [0.1, 0.15) is 115 Å². The van der Waals surface area contributed by atoms with Crippen LogP contribution in [0.5, 0.6) is 11.5 Å². The molecule has 3 aromatic rings. The Hall–Kier alpha value is -2.24. The smallest absolute Gasteiger partial charge is 0.530 e. The maximum Gasteiger partial charge on any atom is 0.560 e. The van der Waals surface area contributed by atoms with E-state index in [1.165, 1.54) is 99.3 Å². The van der Waals surface area contributed by atoms with Gasteiger partial charge in [-0.1, -0.05) is 143 Å². The van der Waals surface area contributed by atoms with Gasteiger partial charge in [0.25, 0.3) is 0 Å². The number of aromatic hydroxyl groups is 1. The Morgan fingerprint density at radius 3 is 1.88 bits per heavy atom. The molecular weight excluding hydrogens is 559 g/mol. The lowest BCUT2D eigenvalue weighted by Crippen LogP contribution is -2.38. The summed E-state index contributed by atoms with van der Waals surface area (Å²) in [7, 11) is -1.16. The summed E-state index contributed by atoms with van der Waals surface area (Å²) in [5.74, 6) is 0.314. The monoisotopic (exact) mass is 604 g/mol. The summed E-state index contributed by atoms with van der Waals surface area (Å²) in [5.41, 5.74) is 5.99. The third kappa shape index (κ3) is 7.34. The van der Waals surface area contributed by atoms with E-state index in [4.69, 9.17) is 4.65 Å². The zero-order chi connectivity index (χ0) is 28.4. The molecule has 0 aliphatic heterocycles. The molecule has 0 bridgehead atoms. The van der Waals surface area contributed by atoms with Crippen molar-refractivity contribution < 1.29 is 14.8 Å². The molecule has 3 nitrogen and oxygen atoms in total. The lowest BCUT2D eigenvalue weighted by molar-refractivity contribution is 0.395. The molecule has 0 radical (unpaired) electrons. The van der Waals surface area contributed by atoms with E-state index in [9.17, 15) is 10.1 Å². The molecule has 0 aromatic heterocycles. The second kappa shape index (κ2) is 15.1. The SMILES string of the molecule is CCCCCCCCC1(CCCCCCCC)c2cc(Br)ccc2-c2ccc(B(O)Oc3ccccc3O)cc21. The van der Waals surface area contributed by atoms with Crippen molar-refractivity contribution in [2.45, 2.75) is 109 Å². The van der Waals surface area contributed by atoms with Gasteiger partial charge in [-0.25, -0.2) is 0 Å². The van der Waals surface area contributed by atoms with Gasteiger partial charge in [-0.15, -0.1) is 0 Å². The van der Waals surface area contributed by atoms with Gasteiger partial charge < -0.3 is 14.8 Å². The summed E-state index contributed by atoms with van der Waals surface area (Å²) in [5, 5.41) is 21.3. The zero-order valence-corrected chi connectivity index (χ0v) is 26.0. The minimum Gasteiger partial charge on any atom is -0.530 e. The summed E-state index contributed by atoms with van der Waals surface area (Å²) in [4.78, 5) is 0. The number of unbranched alkanes of at least 4 members (excludes halogenated alkanes) is 10. The minimum absolute atomic E-state index is 0.0282. The van der Waals surface area contributed by atoms with Crippen molar-refractivity contribution in [1.82, 2.24) is 0 Å². The van der Waals surface area contributed by atoms with Gasteiger partial charge >= 0.3 is 7.12 Å². The van der Waals surface area contributed by atoms with Gasteiger partial charge in [-0.05, 0) is 64.8 Å². The number of benzene rings is 3. The fraction of sp³-hybridized carbons (Fsp3) is 0.486. The molecule has 0 spiro atoms. The molecule has 5 heteroatoms. The van der Waals surface area contributed by atoms with Crippen LogP contribution in [-0.2, 0) is 5.41 Å². The Morgan fingerprint density at radius 2 is 1.25 bits per heavy atom. The highest BCUT2D eigenvalue weighted by Gasteiger charge is 2.43. The van der Waals surface area contributed by atoms with Gasteiger partial charge in [-0.3, -0.25) is 0 Å². The molecule has 0 amide bonds. The van der Waals surface area contributed by atoms with Crippen LogP contribution < -0.4 is 10.1 Å². The maximum atomic E-state index is 11.1. The first kappa shape index (κ1) is 30.7. The molecule has 40 heavy (non-hydrogen) atoms. The van der Waals surface area contributed by atoms with E-state index < -0.39 is 7.12 Å². The van der Waals surface area contributed by atoms with Crippen molar-refractivity contribution in [2.24, 2.45) is 0 Å². The quantitative estimate of drug-likeness (QED) is 0.119. The summed E-state index contributed by atoms with van der Waals surface area (Å²) < 4.78 is 6.95. The summed E-state index contributed by atoms with van der Waals surface area (Å²) in [6, 6.07) is 19.9. The van der Waals surface area contributed by atoms with E-state index >= 15 is 0 Å². The van der Waals surface area contributed by atoms with Crippen LogP contribution in [0.3, 0.4) is 0 Å². The first-order valence-corrected chi connectivity index (χ1v) is 16.4. The molecule has 214 valence electrons. The van der Waals surface area contributed by atoms with Crippen molar-refractivity contribution in [2.75, 3.05) is 0 Å². The van der Waals surface area contributed by atoms with Crippen LogP contribution in [0.15, 0.2) is 65.1 Å². The van der Waals surface area contributed by atoms with Crippen molar-refractivity contribution in [1.29, 1.82) is 0 Å². The van der Waals surface area contributed by atoms with Gasteiger partial charge in [0, 0.05) is 9.89 Å². The molecular formula is C35H46BBrO3. The van der Waals surface area contributed by atoms with Gasteiger partial charge in [-0.2, -0.15) is 0 Å². The normalized spacial score (nSPS) is 13.2. The second-order valence-electron chi connectivity index (χ2n) is 11.6. The molecule has 1 aliphatic carbocycles. The van der Waals surface area contributed by atoms with Crippen molar-refractivity contribution in [3.63, 3.8) is 0 Å². The predicted octanol–water partition coefficient (Wildman–Crippen LogP) is 9.69. The molecule has 0 fully saturated rings. The first-order valence-electron chi connectivity index (χ1n) is 15.6. The highest BCUT2D eigenvalue weighted by molar-refractivity contribution is 9.10. The van der Waals surface area contributed by atoms with Gasteiger partial charge in [0.15, 0.2) is 5.75 Å². The molecule has 1 aliphatic rings. The molecule has 0 saturated carbocycles. The fourth-order valence-corrected chi connectivity index (χ4v) is 6.82. The van der Waals surface area contributed by atoms with Crippen LogP contribution in [0, 0.1) is 0 Å². The molecule has 2 N–H and O–H groups in total. The molecule has 4 rings (SSSR count).